The lowest BCUT2D eigenvalue weighted by molar-refractivity contribution is -0.146. The number of nitrogens with one attached hydrogen (secondary N) is 1. The van der Waals surface area contributed by atoms with E-state index in [-0.39, 0.29) is 12.0 Å². The van der Waals surface area contributed by atoms with Gasteiger partial charge in [-0.05, 0) is 19.4 Å². The third-order valence-electron chi connectivity index (χ3n) is 2.95. The standard InChI is InChI=1S/C13H25NO4/c1-16-10-11-17-8-5-9-18-13(15)12-6-3-2-4-7-14-12/h12,14H,2-11H2,1H3. The van der Waals surface area contributed by atoms with Gasteiger partial charge in [-0.15, -0.1) is 0 Å². The van der Waals surface area contributed by atoms with Gasteiger partial charge in [-0.2, -0.15) is 0 Å². The fourth-order valence-electron chi connectivity index (χ4n) is 1.91. The number of methoxy groups -OCH3 is 1. The highest BCUT2D eigenvalue weighted by Gasteiger charge is 2.20. The molecule has 0 radical (unpaired) electrons. The molecule has 0 saturated carbocycles. The Labute approximate surface area is 109 Å². The average molecular weight is 259 g/mol. The van der Waals surface area contributed by atoms with E-state index in [1.54, 1.807) is 7.11 Å². The van der Waals surface area contributed by atoms with E-state index in [1.807, 2.05) is 0 Å². The van der Waals surface area contributed by atoms with Crippen molar-refractivity contribution in [2.45, 2.75) is 38.1 Å². The maximum Gasteiger partial charge on any atom is 0.323 e. The summed E-state index contributed by atoms with van der Waals surface area (Å²) in [4.78, 5) is 11.7. The summed E-state index contributed by atoms with van der Waals surface area (Å²) in [5.74, 6) is -0.117. The molecule has 1 atom stereocenters. The summed E-state index contributed by atoms with van der Waals surface area (Å²) in [6.07, 6.45) is 5.08. The van der Waals surface area contributed by atoms with Crippen molar-refractivity contribution in [2.75, 3.05) is 40.1 Å². The first kappa shape index (κ1) is 15.4. The van der Waals surface area contributed by atoms with Crippen molar-refractivity contribution in [3.8, 4) is 0 Å². The lowest BCUT2D eigenvalue weighted by Gasteiger charge is -2.14. The third-order valence-corrected chi connectivity index (χ3v) is 2.95. The summed E-state index contributed by atoms with van der Waals surface area (Å²) in [5.41, 5.74) is 0. The van der Waals surface area contributed by atoms with E-state index in [0.717, 1.165) is 32.2 Å². The van der Waals surface area contributed by atoms with Gasteiger partial charge in [0.1, 0.15) is 6.04 Å². The molecule has 1 aliphatic heterocycles. The number of carbonyl (C=O) groups is 1. The molecule has 0 aromatic rings. The van der Waals surface area contributed by atoms with Crippen LogP contribution in [-0.4, -0.2) is 52.1 Å². The number of ether oxygens (including phenoxy) is 3. The van der Waals surface area contributed by atoms with E-state index >= 15 is 0 Å². The van der Waals surface area contributed by atoms with Crippen molar-refractivity contribution < 1.29 is 19.0 Å². The molecule has 0 amide bonds. The fraction of sp³-hybridized carbons (Fsp3) is 0.923. The maximum atomic E-state index is 11.7. The highest BCUT2D eigenvalue weighted by atomic mass is 16.5. The molecule has 1 unspecified atom stereocenters. The van der Waals surface area contributed by atoms with Crippen LogP contribution in [0.4, 0.5) is 0 Å². The maximum absolute atomic E-state index is 11.7. The first-order valence-corrected chi connectivity index (χ1v) is 6.81. The summed E-state index contributed by atoms with van der Waals surface area (Å²) >= 11 is 0. The predicted molar refractivity (Wildman–Crippen MR) is 68.5 cm³/mol. The molecular weight excluding hydrogens is 234 g/mol. The summed E-state index contributed by atoms with van der Waals surface area (Å²) in [5, 5.41) is 3.23. The van der Waals surface area contributed by atoms with Crippen LogP contribution in [0, 0.1) is 0 Å². The zero-order valence-corrected chi connectivity index (χ0v) is 11.3. The van der Waals surface area contributed by atoms with Crippen molar-refractivity contribution in [3.63, 3.8) is 0 Å². The molecule has 1 aliphatic rings. The van der Waals surface area contributed by atoms with Crippen LogP contribution in [0.3, 0.4) is 0 Å². The van der Waals surface area contributed by atoms with Crippen LogP contribution in [0.15, 0.2) is 0 Å². The van der Waals surface area contributed by atoms with Crippen molar-refractivity contribution >= 4 is 5.97 Å². The van der Waals surface area contributed by atoms with Crippen LogP contribution in [-0.2, 0) is 19.0 Å². The smallest absolute Gasteiger partial charge is 0.323 e. The molecule has 1 N–H and O–H groups in total. The first-order chi connectivity index (χ1) is 8.84. The zero-order chi connectivity index (χ0) is 13.1. The van der Waals surface area contributed by atoms with Gasteiger partial charge in [0.2, 0.25) is 0 Å². The Balaban J connectivity index is 1.98. The molecule has 0 aromatic carbocycles. The Bertz CT molecular complexity index is 215. The van der Waals surface area contributed by atoms with Crippen molar-refractivity contribution in [2.24, 2.45) is 0 Å². The number of rotatable bonds is 8. The highest BCUT2D eigenvalue weighted by Crippen LogP contribution is 2.09. The number of esters is 1. The van der Waals surface area contributed by atoms with Crippen LogP contribution in [0.2, 0.25) is 0 Å². The lowest BCUT2D eigenvalue weighted by atomic mass is 10.1. The summed E-state index contributed by atoms with van der Waals surface area (Å²) in [7, 11) is 1.64. The second-order valence-corrected chi connectivity index (χ2v) is 4.48. The predicted octanol–water partition coefficient (Wildman–Crippen LogP) is 1.11. The molecule has 1 rings (SSSR count). The lowest BCUT2D eigenvalue weighted by Crippen LogP contribution is -2.37. The van der Waals surface area contributed by atoms with Gasteiger partial charge in [0.25, 0.3) is 0 Å². The molecule has 1 heterocycles. The van der Waals surface area contributed by atoms with Gasteiger partial charge in [0.15, 0.2) is 0 Å². The van der Waals surface area contributed by atoms with Crippen LogP contribution in [0.25, 0.3) is 0 Å². The van der Waals surface area contributed by atoms with E-state index in [9.17, 15) is 4.79 Å². The van der Waals surface area contributed by atoms with E-state index in [1.165, 1.54) is 6.42 Å². The average Bonchev–Trinajstić information content (AvgIpc) is 2.66. The van der Waals surface area contributed by atoms with Crippen LogP contribution in [0.5, 0.6) is 0 Å². The number of carbonyl (C=O) groups excluding carboxylic acids is 1. The molecule has 18 heavy (non-hydrogen) atoms. The van der Waals surface area contributed by atoms with Crippen LogP contribution < -0.4 is 5.32 Å². The molecule has 5 heteroatoms. The number of hydrogen-bond acceptors (Lipinski definition) is 5. The first-order valence-electron chi connectivity index (χ1n) is 6.81. The summed E-state index contributed by atoms with van der Waals surface area (Å²) in [6, 6.07) is -0.109. The Kier molecular flexibility index (Phi) is 8.81. The van der Waals surface area contributed by atoms with E-state index in [0.29, 0.717) is 26.4 Å². The Hall–Kier alpha value is -0.650. The van der Waals surface area contributed by atoms with E-state index < -0.39 is 0 Å². The second-order valence-electron chi connectivity index (χ2n) is 4.48. The van der Waals surface area contributed by atoms with Crippen molar-refractivity contribution in [1.29, 1.82) is 0 Å². The van der Waals surface area contributed by atoms with Crippen LogP contribution >= 0.6 is 0 Å². The van der Waals surface area contributed by atoms with Gasteiger partial charge < -0.3 is 19.5 Å². The molecule has 0 aromatic heterocycles. The molecule has 1 saturated heterocycles. The Morgan fingerprint density at radius 2 is 2.06 bits per heavy atom. The van der Waals surface area contributed by atoms with Crippen LogP contribution in [0.1, 0.15) is 32.1 Å². The molecule has 0 aliphatic carbocycles. The molecular formula is C13H25NO4. The molecule has 0 spiro atoms. The minimum atomic E-state index is -0.117. The summed E-state index contributed by atoms with van der Waals surface area (Å²) < 4.78 is 15.4. The topological polar surface area (TPSA) is 56.8 Å². The largest absolute Gasteiger partial charge is 0.464 e. The van der Waals surface area contributed by atoms with Gasteiger partial charge in [0, 0.05) is 20.1 Å². The van der Waals surface area contributed by atoms with Crippen molar-refractivity contribution in [3.05, 3.63) is 0 Å². The molecule has 0 bridgehead atoms. The van der Waals surface area contributed by atoms with Crippen molar-refractivity contribution in [1.82, 2.24) is 5.32 Å². The SMILES string of the molecule is COCCOCCCOC(=O)C1CCCCCN1. The normalized spacial score (nSPS) is 20.4. The molecule has 1 fully saturated rings. The number of hydrogen-bond donors (Lipinski definition) is 1. The zero-order valence-electron chi connectivity index (χ0n) is 11.3. The highest BCUT2D eigenvalue weighted by molar-refractivity contribution is 5.75. The summed E-state index contributed by atoms with van der Waals surface area (Å²) in [6.45, 7) is 3.15. The third kappa shape index (κ3) is 6.93. The van der Waals surface area contributed by atoms with Gasteiger partial charge in [-0.3, -0.25) is 4.79 Å². The molecule has 5 nitrogen and oxygen atoms in total. The Morgan fingerprint density at radius 1 is 1.17 bits per heavy atom. The van der Waals surface area contributed by atoms with Gasteiger partial charge >= 0.3 is 5.97 Å². The van der Waals surface area contributed by atoms with Gasteiger partial charge in [-0.1, -0.05) is 12.8 Å². The minimum Gasteiger partial charge on any atom is -0.464 e. The van der Waals surface area contributed by atoms with Gasteiger partial charge in [-0.25, -0.2) is 0 Å². The fourth-order valence-corrected chi connectivity index (χ4v) is 1.91. The quantitative estimate of drug-likeness (QED) is 0.523. The second kappa shape index (κ2) is 10.3. The monoisotopic (exact) mass is 259 g/mol. The minimum absolute atomic E-state index is 0.109. The van der Waals surface area contributed by atoms with E-state index in [2.05, 4.69) is 5.32 Å². The van der Waals surface area contributed by atoms with E-state index in [4.69, 9.17) is 14.2 Å². The van der Waals surface area contributed by atoms with Gasteiger partial charge in [0.05, 0.1) is 19.8 Å². The molecule has 106 valence electrons. The Morgan fingerprint density at radius 3 is 2.89 bits per heavy atom.